The van der Waals surface area contributed by atoms with Gasteiger partial charge in [0.2, 0.25) is 0 Å². The molecular formula is C16H26N2O3. The van der Waals surface area contributed by atoms with Gasteiger partial charge in [0.05, 0.1) is 11.7 Å². The minimum absolute atomic E-state index is 0.0490. The molecule has 5 nitrogen and oxygen atoms in total. The second-order valence-corrected chi connectivity index (χ2v) is 7.62. The van der Waals surface area contributed by atoms with Crippen molar-refractivity contribution < 1.29 is 14.3 Å². The first kappa shape index (κ1) is 14.8. The Kier molecular flexibility index (Phi) is 3.51. The van der Waals surface area contributed by atoms with Crippen LogP contribution < -0.4 is 5.32 Å². The fourth-order valence-electron chi connectivity index (χ4n) is 4.00. The number of amides is 3. The van der Waals surface area contributed by atoms with Gasteiger partial charge in [0.15, 0.2) is 0 Å². The van der Waals surface area contributed by atoms with Crippen molar-refractivity contribution >= 4 is 11.9 Å². The molecule has 5 heteroatoms. The second kappa shape index (κ2) is 4.97. The molecule has 0 radical (unpaired) electrons. The van der Waals surface area contributed by atoms with E-state index in [0.717, 1.165) is 38.5 Å². The molecule has 1 atom stereocenters. The maximum Gasteiger partial charge on any atom is 0.325 e. The van der Waals surface area contributed by atoms with Crippen LogP contribution in [0.4, 0.5) is 4.79 Å². The molecule has 0 aromatic rings. The summed E-state index contributed by atoms with van der Waals surface area (Å²) in [6, 6.07) is -0.233. The van der Waals surface area contributed by atoms with Crippen LogP contribution in [0.5, 0.6) is 0 Å². The van der Waals surface area contributed by atoms with Crippen LogP contribution in [0.25, 0.3) is 0 Å². The third kappa shape index (κ3) is 2.56. The lowest BCUT2D eigenvalue weighted by Gasteiger charge is -2.41. The van der Waals surface area contributed by atoms with Crippen LogP contribution in [0.15, 0.2) is 0 Å². The number of imide groups is 1. The highest BCUT2D eigenvalue weighted by atomic mass is 16.5. The van der Waals surface area contributed by atoms with E-state index in [4.69, 9.17) is 4.74 Å². The van der Waals surface area contributed by atoms with Crippen LogP contribution in [0.2, 0.25) is 0 Å². The normalized spacial score (nSPS) is 39.1. The minimum Gasteiger partial charge on any atom is -0.371 e. The summed E-state index contributed by atoms with van der Waals surface area (Å²) >= 11 is 0. The minimum atomic E-state index is -0.611. The molecule has 3 rings (SSSR count). The average Bonchev–Trinajstić information content (AvgIpc) is 2.86. The summed E-state index contributed by atoms with van der Waals surface area (Å²) in [7, 11) is 0. The number of hydrogen-bond acceptors (Lipinski definition) is 3. The van der Waals surface area contributed by atoms with Gasteiger partial charge >= 0.3 is 6.03 Å². The van der Waals surface area contributed by atoms with E-state index < -0.39 is 5.54 Å². The summed E-state index contributed by atoms with van der Waals surface area (Å²) < 4.78 is 6.02. The molecule has 0 aromatic heterocycles. The molecule has 2 heterocycles. The van der Waals surface area contributed by atoms with Crippen LogP contribution in [-0.4, -0.2) is 40.6 Å². The lowest BCUT2D eigenvalue weighted by Crippen LogP contribution is -2.53. The van der Waals surface area contributed by atoms with Gasteiger partial charge in [-0.2, -0.15) is 0 Å². The van der Waals surface area contributed by atoms with Crippen molar-refractivity contribution in [2.24, 2.45) is 5.92 Å². The van der Waals surface area contributed by atoms with Crippen LogP contribution in [-0.2, 0) is 9.53 Å². The zero-order valence-electron chi connectivity index (χ0n) is 13.3. The Hall–Kier alpha value is -1.10. The van der Waals surface area contributed by atoms with Crippen molar-refractivity contribution in [3.05, 3.63) is 0 Å². The van der Waals surface area contributed by atoms with E-state index in [1.807, 2.05) is 0 Å². The molecule has 3 aliphatic rings. The Morgan fingerprint density at radius 3 is 2.43 bits per heavy atom. The maximum absolute atomic E-state index is 12.4. The first-order valence-corrected chi connectivity index (χ1v) is 8.13. The van der Waals surface area contributed by atoms with Gasteiger partial charge in [0.25, 0.3) is 5.91 Å². The molecule has 1 aliphatic carbocycles. The number of urea groups is 1. The zero-order chi connectivity index (χ0) is 15.3. The van der Waals surface area contributed by atoms with Crippen molar-refractivity contribution in [2.75, 3.05) is 6.54 Å². The maximum atomic E-state index is 12.4. The summed E-state index contributed by atoms with van der Waals surface area (Å²) in [5, 5.41) is 2.53. The predicted octanol–water partition coefficient (Wildman–Crippen LogP) is 2.44. The van der Waals surface area contributed by atoms with Gasteiger partial charge in [0, 0.05) is 6.54 Å². The summed E-state index contributed by atoms with van der Waals surface area (Å²) in [4.78, 5) is 26.4. The molecule has 1 N–H and O–H groups in total. The molecule has 3 amide bonds. The van der Waals surface area contributed by atoms with Gasteiger partial charge in [-0.15, -0.1) is 0 Å². The fourth-order valence-corrected chi connectivity index (χ4v) is 4.00. The molecule has 1 saturated carbocycles. The third-order valence-electron chi connectivity index (χ3n) is 5.45. The second-order valence-electron chi connectivity index (χ2n) is 7.62. The van der Waals surface area contributed by atoms with Crippen LogP contribution in [0.3, 0.4) is 0 Å². The molecule has 2 aliphatic heterocycles. The van der Waals surface area contributed by atoms with Crippen LogP contribution >= 0.6 is 0 Å². The summed E-state index contributed by atoms with van der Waals surface area (Å²) in [6.07, 6.45) is 5.59. The molecular weight excluding hydrogens is 268 g/mol. The quantitative estimate of drug-likeness (QED) is 0.796. The first-order valence-electron chi connectivity index (χ1n) is 8.13. The molecule has 21 heavy (non-hydrogen) atoms. The molecule has 2 saturated heterocycles. The predicted molar refractivity (Wildman–Crippen MR) is 78.8 cm³/mol. The van der Waals surface area contributed by atoms with E-state index >= 15 is 0 Å². The first-order chi connectivity index (χ1) is 9.82. The molecule has 118 valence electrons. The highest BCUT2D eigenvalue weighted by Crippen LogP contribution is 2.40. The number of nitrogens with one attached hydrogen (secondary N) is 1. The van der Waals surface area contributed by atoms with E-state index in [9.17, 15) is 9.59 Å². The van der Waals surface area contributed by atoms with E-state index in [2.05, 4.69) is 26.1 Å². The highest BCUT2D eigenvalue weighted by molar-refractivity contribution is 6.07. The number of nitrogens with zero attached hydrogens (tertiary/aromatic N) is 1. The van der Waals surface area contributed by atoms with E-state index in [-0.39, 0.29) is 23.6 Å². The Balaban J connectivity index is 1.75. The van der Waals surface area contributed by atoms with Crippen molar-refractivity contribution in [1.29, 1.82) is 0 Å². The van der Waals surface area contributed by atoms with Crippen molar-refractivity contribution in [2.45, 2.75) is 76.5 Å². The van der Waals surface area contributed by atoms with Crippen molar-refractivity contribution in [3.8, 4) is 0 Å². The van der Waals surface area contributed by atoms with Crippen LogP contribution in [0, 0.1) is 5.92 Å². The largest absolute Gasteiger partial charge is 0.371 e. The van der Waals surface area contributed by atoms with Gasteiger partial charge in [-0.05, 0) is 58.3 Å². The third-order valence-corrected chi connectivity index (χ3v) is 5.45. The molecule has 3 fully saturated rings. The molecule has 0 aromatic carbocycles. The number of hydrogen-bond donors (Lipinski definition) is 1. The monoisotopic (exact) mass is 294 g/mol. The standard InChI is InChI=1S/C16H26N2O3/c1-11-4-8-16(9-5-11)13(19)17-14(20)18(16)10-12-6-7-15(2,3)21-12/h11-12H,4-10H2,1-3H3,(H,17,19,20). The van der Waals surface area contributed by atoms with Crippen molar-refractivity contribution in [1.82, 2.24) is 10.2 Å². The zero-order valence-corrected chi connectivity index (χ0v) is 13.3. The van der Waals surface area contributed by atoms with Gasteiger partial charge in [-0.3, -0.25) is 10.1 Å². The lowest BCUT2D eigenvalue weighted by molar-refractivity contribution is -0.129. The van der Waals surface area contributed by atoms with Crippen LogP contribution in [0.1, 0.15) is 59.3 Å². The number of ether oxygens (including phenoxy) is 1. The topological polar surface area (TPSA) is 58.6 Å². The van der Waals surface area contributed by atoms with Gasteiger partial charge < -0.3 is 9.64 Å². The van der Waals surface area contributed by atoms with Gasteiger partial charge in [-0.25, -0.2) is 4.79 Å². The van der Waals surface area contributed by atoms with E-state index in [0.29, 0.717) is 12.5 Å². The molecule has 0 bridgehead atoms. The Bertz CT molecular complexity index is 452. The van der Waals surface area contributed by atoms with E-state index in [1.54, 1.807) is 4.90 Å². The molecule has 1 spiro atoms. The average molecular weight is 294 g/mol. The molecule has 1 unspecified atom stereocenters. The van der Waals surface area contributed by atoms with Crippen molar-refractivity contribution in [3.63, 3.8) is 0 Å². The highest BCUT2D eigenvalue weighted by Gasteiger charge is 2.54. The Labute approximate surface area is 126 Å². The number of rotatable bonds is 2. The lowest BCUT2D eigenvalue weighted by atomic mass is 9.76. The summed E-state index contributed by atoms with van der Waals surface area (Å²) in [6.45, 7) is 6.92. The van der Waals surface area contributed by atoms with Gasteiger partial charge in [-0.1, -0.05) is 6.92 Å². The van der Waals surface area contributed by atoms with Gasteiger partial charge in [0.1, 0.15) is 5.54 Å². The number of carbonyl (C=O) groups excluding carboxylic acids is 2. The smallest absolute Gasteiger partial charge is 0.325 e. The summed E-state index contributed by atoms with van der Waals surface area (Å²) in [5.74, 6) is 0.541. The Morgan fingerprint density at radius 2 is 1.86 bits per heavy atom. The SMILES string of the molecule is CC1CCC2(CC1)C(=O)NC(=O)N2CC1CCC(C)(C)O1. The number of carbonyl (C=O) groups is 2. The summed E-state index contributed by atoms with van der Waals surface area (Å²) in [5.41, 5.74) is -0.723. The fraction of sp³-hybridized carbons (Fsp3) is 0.875. The van der Waals surface area contributed by atoms with E-state index in [1.165, 1.54) is 0 Å². The Morgan fingerprint density at radius 1 is 1.19 bits per heavy atom.